The van der Waals surface area contributed by atoms with Crippen LogP contribution in [0.1, 0.15) is 40.5 Å². The van der Waals surface area contributed by atoms with Crippen molar-refractivity contribution >= 4 is 24.2 Å². The molecule has 1 saturated carbocycles. The fourth-order valence-corrected chi connectivity index (χ4v) is 1.54. The zero-order valence-corrected chi connectivity index (χ0v) is 13.0. The highest BCUT2D eigenvalue weighted by Crippen LogP contribution is 2.31. The second kappa shape index (κ2) is 7.10. The van der Waals surface area contributed by atoms with Gasteiger partial charge in [-0.05, 0) is 25.7 Å². The molecule has 0 radical (unpaired) electrons. The predicted octanol–water partition coefficient (Wildman–Crippen LogP) is 0.812. The summed E-state index contributed by atoms with van der Waals surface area (Å²) in [6, 6.07) is -0.484. The molecule has 2 unspecified atom stereocenters. The number of carbonyl (C=O) groups excluding carboxylic acids is 2. The molecule has 0 bridgehead atoms. The summed E-state index contributed by atoms with van der Waals surface area (Å²) < 4.78 is 0. The SMILES string of the molecule is CC(NC(=O)C(C)(C)C)C(=O)NCC(N)C1CC1.Cl. The van der Waals surface area contributed by atoms with Crippen LogP contribution in [0.25, 0.3) is 0 Å². The number of carbonyl (C=O) groups is 2. The van der Waals surface area contributed by atoms with Crippen LogP contribution < -0.4 is 16.4 Å². The quantitative estimate of drug-likeness (QED) is 0.701. The number of hydrogen-bond acceptors (Lipinski definition) is 3. The van der Waals surface area contributed by atoms with Gasteiger partial charge in [-0.3, -0.25) is 9.59 Å². The highest BCUT2D eigenvalue weighted by Gasteiger charge is 2.29. The second-order valence-electron chi connectivity index (χ2n) is 6.19. The molecule has 0 aliphatic heterocycles. The van der Waals surface area contributed by atoms with Crippen LogP contribution in [0, 0.1) is 11.3 Å². The molecule has 0 aromatic rings. The summed E-state index contributed by atoms with van der Waals surface area (Å²) in [6.07, 6.45) is 2.32. The highest BCUT2D eigenvalue weighted by molar-refractivity contribution is 5.89. The first-order chi connectivity index (χ1) is 8.21. The van der Waals surface area contributed by atoms with Crippen molar-refractivity contribution in [3.63, 3.8) is 0 Å². The minimum atomic E-state index is -0.525. The van der Waals surface area contributed by atoms with Crippen LogP contribution in [0.2, 0.25) is 0 Å². The molecular formula is C13H26ClN3O2. The zero-order chi connectivity index (χ0) is 13.9. The molecule has 19 heavy (non-hydrogen) atoms. The molecule has 1 rings (SSSR count). The Hall–Kier alpha value is -0.810. The first-order valence-corrected chi connectivity index (χ1v) is 6.56. The van der Waals surface area contributed by atoms with E-state index >= 15 is 0 Å². The van der Waals surface area contributed by atoms with Crippen LogP contribution in [0.5, 0.6) is 0 Å². The molecule has 6 heteroatoms. The van der Waals surface area contributed by atoms with E-state index in [0.29, 0.717) is 12.5 Å². The average molecular weight is 292 g/mol. The van der Waals surface area contributed by atoms with Crippen LogP contribution in [-0.2, 0) is 9.59 Å². The van der Waals surface area contributed by atoms with E-state index in [-0.39, 0.29) is 30.3 Å². The van der Waals surface area contributed by atoms with Gasteiger partial charge in [0.15, 0.2) is 0 Å². The second-order valence-corrected chi connectivity index (χ2v) is 6.19. The normalized spacial score (nSPS) is 17.9. The standard InChI is InChI=1S/C13H25N3O2.ClH/c1-8(16-12(18)13(2,3)4)11(17)15-7-10(14)9-5-6-9;/h8-10H,5-7,14H2,1-4H3,(H,15,17)(H,16,18);1H. The summed E-state index contributed by atoms with van der Waals surface area (Å²) in [5, 5.41) is 5.48. The molecule has 4 N–H and O–H groups in total. The molecule has 0 saturated heterocycles. The number of nitrogens with two attached hydrogens (primary N) is 1. The van der Waals surface area contributed by atoms with E-state index in [9.17, 15) is 9.59 Å². The van der Waals surface area contributed by atoms with Gasteiger partial charge >= 0.3 is 0 Å². The topological polar surface area (TPSA) is 84.2 Å². The van der Waals surface area contributed by atoms with Crippen LogP contribution in [0.4, 0.5) is 0 Å². The third-order valence-electron chi connectivity index (χ3n) is 3.16. The summed E-state index contributed by atoms with van der Waals surface area (Å²) in [5.74, 6) is 0.255. The Bertz CT molecular complexity index is 324. The lowest BCUT2D eigenvalue weighted by molar-refractivity contribution is -0.133. The number of hydrogen-bond donors (Lipinski definition) is 3. The monoisotopic (exact) mass is 291 g/mol. The van der Waals surface area contributed by atoms with Gasteiger partial charge in [0.25, 0.3) is 0 Å². The highest BCUT2D eigenvalue weighted by atomic mass is 35.5. The molecule has 112 valence electrons. The maximum atomic E-state index is 11.8. The Morgan fingerprint density at radius 3 is 2.26 bits per heavy atom. The van der Waals surface area contributed by atoms with Crippen LogP contribution in [0.3, 0.4) is 0 Å². The summed E-state index contributed by atoms with van der Waals surface area (Å²) in [4.78, 5) is 23.5. The molecule has 1 aliphatic carbocycles. The van der Waals surface area contributed by atoms with Gasteiger partial charge < -0.3 is 16.4 Å². The van der Waals surface area contributed by atoms with E-state index in [1.807, 2.05) is 20.8 Å². The fourth-order valence-electron chi connectivity index (χ4n) is 1.54. The first-order valence-electron chi connectivity index (χ1n) is 6.56. The van der Waals surface area contributed by atoms with Crippen molar-refractivity contribution in [3.05, 3.63) is 0 Å². The van der Waals surface area contributed by atoms with Gasteiger partial charge in [-0.25, -0.2) is 0 Å². The lowest BCUT2D eigenvalue weighted by Gasteiger charge is -2.22. The van der Waals surface area contributed by atoms with Gasteiger partial charge in [-0.2, -0.15) is 0 Å². The van der Waals surface area contributed by atoms with E-state index < -0.39 is 11.5 Å². The lowest BCUT2D eigenvalue weighted by Crippen LogP contribution is -2.50. The Morgan fingerprint density at radius 1 is 1.32 bits per heavy atom. The van der Waals surface area contributed by atoms with Crippen molar-refractivity contribution in [3.8, 4) is 0 Å². The summed E-state index contributed by atoms with van der Waals surface area (Å²) in [7, 11) is 0. The van der Waals surface area contributed by atoms with Gasteiger partial charge in [0.05, 0.1) is 0 Å². The summed E-state index contributed by atoms with van der Waals surface area (Å²) >= 11 is 0. The van der Waals surface area contributed by atoms with E-state index in [2.05, 4.69) is 10.6 Å². The molecular weight excluding hydrogens is 266 g/mol. The Labute approximate surface area is 121 Å². The average Bonchev–Trinajstić information content (AvgIpc) is 3.07. The van der Waals surface area contributed by atoms with Gasteiger partial charge in [0.2, 0.25) is 11.8 Å². The fraction of sp³-hybridized carbons (Fsp3) is 0.846. The van der Waals surface area contributed by atoms with Crippen molar-refractivity contribution in [2.75, 3.05) is 6.54 Å². The van der Waals surface area contributed by atoms with Crippen molar-refractivity contribution in [1.29, 1.82) is 0 Å². The van der Waals surface area contributed by atoms with E-state index in [4.69, 9.17) is 5.73 Å². The summed E-state index contributed by atoms with van der Waals surface area (Å²) in [6.45, 7) is 7.61. The molecule has 0 aromatic carbocycles. The number of rotatable bonds is 5. The predicted molar refractivity (Wildman–Crippen MR) is 78.0 cm³/mol. The van der Waals surface area contributed by atoms with Crippen molar-refractivity contribution in [2.24, 2.45) is 17.1 Å². The maximum absolute atomic E-state index is 11.8. The third-order valence-corrected chi connectivity index (χ3v) is 3.16. The number of amides is 2. The molecule has 5 nitrogen and oxygen atoms in total. The maximum Gasteiger partial charge on any atom is 0.242 e. The molecule has 0 heterocycles. The minimum Gasteiger partial charge on any atom is -0.353 e. The first kappa shape index (κ1) is 18.2. The van der Waals surface area contributed by atoms with Crippen LogP contribution in [-0.4, -0.2) is 30.4 Å². The van der Waals surface area contributed by atoms with Crippen LogP contribution in [0.15, 0.2) is 0 Å². The molecule has 0 aromatic heterocycles. The molecule has 1 fully saturated rings. The van der Waals surface area contributed by atoms with Gasteiger partial charge in [-0.15, -0.1) is 12.4 Å². The van der Waals surface area contributed by atoms with E-state index in [1.165, 1.54) is 0 Å². The molecule has 2 amide bonds. The largest absolute Gasteiger partial charge is 0.353 e. The summed E-state index contributed by atoms with van der Waals surface area (Å²) in [5.41, 5.74) is 5.41. The smallest absolute Gasteiger partial charge is 0.242 e. The Kier molecular flexibility index (Phi) is 6.80. The molecule has 0 spiro atoms. The van der Waals surface area contributed by atoms with E-state index in [0.717, 1.165) is 12.8 Å². The molecule has 1 aliphatic rings. The lowest BCUT2D eigenvalue weighted by atomic mass is 9.95. The third kappa shape index (κ3) is 6.25. The van der Waals surface area contributed by atoms with Crippen molar-refractivity contribution in [2.45, 2.75) is 52.6 Å². The van der Waals surface area contributed by atoms with Crippen molar-refractivity contribution in [1.82, 2.24) is 10.6 Å². The Balaban J connectivity index is 0.00000324. The van der Waals surface area contributed by atoms with Crippen molar-refractivity contribution < 1.29 is 9.59 Å². The van der Waals surface area contributed by atoms with E-state index in [1.54, 1.807) is 6.92 Å². The van der Waals surface area contributed by atoms with Crippen LogP contribution >= 0.6 is 12.4 Å². The van der Waals surface area contributed by atoms with Gasteiger partial charge in [0, 0.05) is 18.0 Å². The van der Waals surface area contributed by atoms with Gasteiger partial charge in [-0.1, -0.05) is 20.8 Å². The number of nitrogens with one attached hydrogen (secondary N) is 2. The van der Waals surface area contributed by atoms with Gasteiger partial charge in [0.1, 0.15) is 6.04 Å². The molecule has 2 atom stereocenters. The minimum absolute atomic E-state index is 0. The Morgan fingerprint density at radius 2 is 1.84 bits per heavy atom. The number of halogens is 1. The zero-order valence-electron chi connectivity index (χ0n) is 12.2.